The number of hydrogen-bond donors (Lipinski definition) is 1. The zero-order valence-corrected chi connectivity index (χ0v) is 11.9. The Kier molecular flexibility index (Phi) is 5.34. The highest BCUT2D eigenvalue weighted by Crippen LogP contribution is 2.18. The molecule has 1 fully saturated rings. The van der Waals surface area contributed by atoms with Crippen LogP contribution in [0, 0.1) is 5.82 Å². The van der Waals surface area contributed by atoms with Crippen molar-refractivity contribution in [2.75, 3.05) is 19.6 Å². The number of piperidine rings is 1. The van der Waals surface area contributed by atoms with Gasteiger partial charge in [0.25, 0.3) is 0 Å². The minimum Gasteiger partial charge on any atom is -0.372 e. The molecule has 1 saturated heterocycles. The molecular weight excluding hydrogens is 283 g/mol. The van der Waals surface area contributed by atoms with Gasteiger partial charge in [-0.3, -0.25) is 4.79 Å². The molecule has 2 N–H and O–H groups in total. The summed E-state index contributed by atoms with van der Waals surface area (Å²) in [4.78, 5) is 13.2. The van der Waals surface area contributed by atoms with Crippen molar-refractivity contribution < 1.29 is 13.9 Å². The van der Waals surface area contributed by atoms with E-state index in [1.807, 2.05) is 0 Å². The summed E-state index contributed by atoms with van der Waals surface area (Å²) >= 11 is 5.70. The molecule has 0 aliphatic carbocycles. The number of hydrogen-bond acceptors (Lipinski definition) is 3. The van der Waals surface area contributed by atoms with Crippen LogP contribution in [-0.4, -0.2) is 36.5 Å². The van der Waals surface area contributed by atoms with E-state index in [1.165, 1.54) is 6.07 Å². The van der Waals surface area contributed by atoms with Crippen LogP contribution >= 0.6 is 11.6 Å². The fourth-order valence-electron chi connectivity index (χ4n) is 2.28. The van der Waals surface area contributed by atoms with E-state index in [9.17, 15) is 9.18 Å². The van der Waals surface area contributed by atoms with Gasteiger partial charge in [-0.1, -0.05) is 17.7 Å². The van der Waals surface area contributed by atoms with E-state index < -0.39 is 0 Å². The molecular formula is C14H18ClFN2O2. The molecule has 0 bridgehead atoms. The lowest BCUT2D eigenvalue weighted by molar-refractivity contribution is -0.134. The van der Waals surface area contributed by atoms with E-state index >= 15 is 0 Å². The Bertz CT molecular complexity index is 484. The number of rotatable bonds is 4. The summed E-state index contributed by atoms with van der Waals surface area (Å²) in [5.74, 6) is -0.445. The van der Waals surface area contributed by atoms with Gasteiger partial charge < -0.3 is 15.4 Å². The second-order valence-corrected chi connectivity index (χ2v) is 5.29. The fourth-order valence-corrected chi connectivity index (χ4v) is 2.44. The first-order valence-corrected chi connectivity index (χ1v) is 7.01. The Morgan fingerprint density at radius 2 is 2.35 bits per heavy atom. The number of ether oxygens (including phenoxy) is 1. The number of nitrogens with two attached hydrogens (primary N) is 1. The van der Waals surface area contributed by atoms with E-state index in [0.717, 1.165) is 12.8 Å². The van der Waals surface area contributed by atoms with Crippen LogP contribution in [0.4, 0.5) is 4.39 Å². The van der Waals surface area contributed by atoms with Gasteiger partial charge in [0.15, 0.2) is 0 Å². The minimum atomic E-state index is -0.372. The zero-order chi connectivity index (χ0) is 14.5. The summed E-state index contributed by atoms with van der Waals surface area (Å²) in [6.45, 7) is 1.42. The molecule has 0 spiro atoms. The number of carbonyl (C=O) groups is 1. The quantitative estimate of drug-likeness (QED) is 0.924. The number of likely N-dealkylation sites (tertiary alicyclic amines) is 1. The highest BCUT2D eigenvalue weighted by atomic mass is 35.5. The highest BCUT2D eigenvalue weighted by Gasteiger charge is 2.23. The van der Waals surface area contributed by atoms with Gasteiger partial charge >= 0.3 is 0 Å². The van der Waals surface area contributed by atoms with Crippen molar-refractivity contribution in [3.8, 4) is 0 Å². The molecule has 110 valence electrons. The van der Waals surface area contributed by atoms with Crippen LogP contribution in [0.5, 0.6) is 0 Å². The number of halogens is 2. The van der Waals surface area contributed by atoms with Crippen LogP contribution in [0.3, 0.4) is 0 Å². The van der Waals surface area contributed by atoms with Crippen LogP contribution in [0.25, 0.3) is 0 Å². The highest BCUT2D eigenvalue weighted by molar-refractivity contribution is 6.30. The summed E-state index contributed by atoms with van der Waals surface area (Å²) < 4.78 is 19.3. The monoisotopic (exact) mass is 300 g/mol. The number of benzene rings is 1. The Morgan fingerprint density at radius 3 is 3.05 bits per heavy atom. The van der Waals surface area contributed by atoms with Crippen molar-refractivity contribution in [1.82, 2.24) is 4.90 Å². The molecule has 0 saturated carbocycles. The van der Waals surface area contributed by atoms with Crippen LogP contribution in [-0.2, 0) is 16.1 Å². The van der Waals surface area contributed by atoms with E-state index in [4.69, 9.17) is 22.1 Å². The Morgan fingerprint density at radius 1 is 1.55 bits per heavy atom. The van der Waals surface area contributed by atoms with Crippen molar-refractivity contribution in [3.63, 3.8) is 0 Å². The lowest BCUT2D eigenvalue weighted by Gasteiger charge is -2.32. The van der Waals surface area contributed by atoms with E-state index in [0.29, 0.717) is 23.7 Å². The van der Waals surface area contributed by atoms with E-state index in [1.54, 1.807) is 17.0 Å². The Labute approximate surface area is 122 Å². The van der Waals surface area contributed by atoms with Gasteiger partial charge in [0, 0.05) is 23.7 Å². The summed E-state index contributed by atoms with van der Waals surface area (Å²) in [6, 6.07) is 4.52. The molecule has 1 aliphatic heterocycles. The molecule has 1 aliphatic rings. The first-order chi connectivity index (χ1) is 9.60. The van der Waals surface area contributed by atoms with Crippen molar-refractivity contribution in [2.24, 2.45) is 5.73 Å². The summed E-state index contributed by atoms with van der Waals surface area (Å²) in [5, 5.41) is 0.364. The molecule has 0 radical (unpaired) electrons. The third-order valence-corrected chi connectivity index (χ3v) is 3.63. The zero-order valence-electron chi connectivity index (χ0n) is 11.1. The molecule has 1 heterocycles. The second-order valence-electron chi connectivity index (χ2n) is 4.85. The van der Waals surface area contributed by atoms with E-state index in [-0.39, 0.29) is 31.0 Å². The maximum atomic E-state index is 13.6. The summed E-state index contributed by atoms with van der Waals surface area (Å²) in [7, 11) is 0. The molecule has 1 aromatic rings. The normalized spacial score (nSPS) is 19.1. The largest absolute Gasteiger partial charge is 0.372 e. The van der Waals surface area contributed by atoms with Crippen LogP contribution < -0.4 is 5.73 Å². The first kappa shape index (κ1) is 15.2. The number of carbonyl (C=O) groups excluding carboxylic acids is 1. The van der Waals surface area contributed by atoms with Gasteiger partial charge in [0.05, 0.1) is 19.3 Å². The number of amides is 1. The van der Waals surface area contributed by atoms with Gasteiger partial charge in [-0.15, -0.1) is 0 Å². The maximum absolute atomic E-state index is 13.6. The smallest absolute Gasteiger partial charge is 0.236 e. The molecule has 0 aromatic heterocycles. The van der Waals surface area contributed by atoms with Gasteiger partial charge in [-0.05, 0) is 25.0 Å². The second kappa shape index (κ2) is 7.02. The third-order valence-electron chi connectivity index (χ3n) is 3.40. The molecule has 4 nitrogen and oxygen atoms in total. The van der Waals surface area contributed by atoms with Crippen LogP contribution in [0.2, 0.25) is 5.02 Å². The average Bonchev–Trinajstić information content (AvgIpc) is 2.46. The van der Waals surface area contributed by atoms with Gasteiger partial charge in [-0.25, -0.2) is 4.39 Å². The Balaban J connectivity index is 1.88. The predicted octanol–water partition coefficient (Wildman–Crippen LogP) is 1.95. The fraction of sp³-hybridized carbons (Fsp3) is 0.500. The molecule has 2 rings (SSSR count). The Hall–Kier alpha value is -1.17. The van der Waals surface area contributed by atoms with E-state index in [2.05, 4.69) is 0 Å². The molecule has 1 atom stereocenters. The topological polar surface area (TPSA) is 55.6 Å². The van der Waals surface area contributed by atoms with Gasteiger partial charge in [-0.2, -0.15) is 0 Å². The lowest BCUT2D eigenvalue weighted by atomic mass is 10.1. The first-order valence-electron chi connectivity index (χ1n) is 6.63. The summed E-state index contributed by atoms with van der Waals surface area (Å²) in [6.07, 6.45) is 1.66. The number of nitrogens with zero attached hydrogens (tertiary/aromatic N) is 1. The molecule has 1 unspecified atom stereocenters. The summed E-state index contributed by atoms with van der Waals surface area (Å²) in [5.41, 5.74) is 5.82. The predicted molar refractivity (Wildman–Crippen MR) is 74.9 cm³/mol. The molecule has 1 aromatic carbocycles. The lowest BCUT2D eigenvalue weighted by Crippen LogP contribution is -2.45. The van der Waals surface area contributed by atoms with Crippen molar-refractivity contribution in [1.29, 1.82) is 0 Å². The minimum absolute atomic E-state index is 0.0124. The molecule has 6 heteroatoms. The van der Waals surface area contributed by atoms with Crippen LogP contribution in [0.1, 0.15) is 18.4 Å². The van der Waals surface area contributed by atoms with Crippen molar-refractivity contribution in [3.05, 3.63) is 34.6 Å². The standard InChI is InChI=1S/C14H18ClFN2O2/c15-11-4-3-10(13(16)6-11)9-20-12-2-1-5-18(8-12)14(19)7-17/h3-4,6,12H,1-2,5,7-9,17H2. The third kappa shape index (κ3) is 3.91. The van der Waals surface area contributed by atoms with Gasteiger partial charge in [0.2, 0.25) is 5.91 Å². The molecule has 20 heavy (non-hydrogen) atoms. The maximum Gasteiger partial charge on any atom is 0.236 e. The van der Waals surface area contributed by atoms with Crippen molar-refractivity contribution >= 4 is 17.5 Å². The molecule has 1 amide bonds. The van der Waals surface area contributed by atoms with Gasteiger partial charge in [0.1, 0.15) is 5.82 Å². The van der Waals surface area contributed by atoms with Crippen molar-refractivity contribution in [2.45, 2.75) is 25.6 Å². The average molecular weight is 301 g/mol. The SMILES string of the molecule is NCC(=O)N1CCCC(OCc2ccc(Cl)cc2F)C1. The van der Waals surface area contributed by atoms with Crippen LogP contribution in [0.15, 0.2) is 18.2 Å².